The molecule has 8 bridgehead atoms. The van der Waals surface area contributed by atoms with Gasteiger partial charge in [0, 0.05) is 35.5 Å². The summed E-state index contributed by atoms with van der Waals surface area (Å²) < 4.78 is 0. The van der Waals surface area contributed by atoms with Crippen molar-refractivity contribution in [1.82, 2.24) is 9.97 Å². The van der Waals surface area contributed by atoms with Crippen LogP contribution in [0.5, 0.6) is 0 Å². The molecule has 0 atom stereocenters. The molecular weight excluding hydrogens is 355 g/mol. The van der Waals surface area contributed by atoms with E-state index in [0.29, 0.717) is 0 Å². The maximum Gasteiger partial charge on any atom is 2.00 e. The van der Waals surface area contributed by atoms with Crippen LogP contribution in [0.25, 0.3) is 33.2 Å². The van der Waals surface area contributed by atoms with Crippen LogP contribution in [0.2, 0.25) is 0 Å². The Morgan fingerprint density at radius 2 is 1.04 bits per heavy atom. The zero-order chi connectivity index (χ0) is 16.3. The number of aromatic nitrogens is 2. The summed E-state index contributed by atoms with van der Waals surface area (Å²) in [5.74, 6) is 0. The van der Waals surface area contributed by atoms with E-state index in [1.54, 1.807) is 0 Å². The third-order valence-electron chi connectivity index (χ3n) is 4.62. The van der Waals surface area contributed by atoms with Gasteiger partial charge in [-0.25, -0.2) is 0 Å². The molecule has 0 aromatic carbocycles. The van der Waals surface area contributed by atoms with E-state index in [4.69, 9.17) is 20.6 Å². The number of hydrogen-bond donors (Lipinski definition) is 0. The smallest absolute Gasteiger partial charge is 0.598 e. The average Bonchev–Trinajstić information content (AvgIpc) is 3.39. The quantitative estimate of drug-likeness (QED) is 0.510. The van der Waals surface area contributed by atoms with Gasteiger partial charge in [-0.1, -0.05) is 23.5 Å². The van der Waals surface area contributed by atoms with Gasteiger partial charge in [-0.3, -0.25) is 0 Å². The number of rotatable bonds is 0. The monoisotopic (exact) mass is 368 g/mol. The molecule has 0 unspecified atom stereocenters. The first-order valence-corrected chi connectivity index (χ1v) is 7.93. The summed E-state index contributed by atoms with van der Waals surface area (Å²) in [4.78, 5) is 9.47. The molecule has 3 aliphatic heterocycles. The molecule has 2 aromatic rings. The minimum Gasteiger partial charge on any atom is -0.598 e. The zero-order valence-electron chi connectivity index (χ0n) is 13.7. The molecule has 25 heavy (non-hydrogen) atoms. The van der Waals surface area contributed by atoms with E-state index < -0.39 is 0 Å². The van der Waals surface area contributed by atoms with Gasteiger partial charge in [-0.2, -0.15) is 0 Å². The minimum absolute atomic E-state index is 0. The third kappa shape index (κ3) is 2.43. The molecule has 0 aliphatic carbocycles. The summed E-state index contributed by atoms with van der Waals surface area (Å²) in [7, 11) is 0. The molecule has 2 aromatic heterocycles. The molecule has 0 fully saturated rings. The van der Waals surface area contributed by atoms with Crippen LogP contribution >= 0.6 is 0 Å². The van der Waals surface area contributed by atoms with Gasteiger partial charge in [-0.05, 0) is 48.8 Å². The van der Waals surface area contributed by atoms with Gasteiger partial charge in [0.05, 0.1) is 0 Å². The van der Waals surface area contributed by atoms with Crippen molar-refractivity contribution >= 4 is 22.5 Å². The van der Waals surface area contributed by atoms with Crippen LogP contribution in [0.1, 0.15) is 13.8 Å². The Hall–Kier alpha value is -2.65. The SMILES string of the molecule is C/C1=c2\cc/c([n-]2)=C2\C=C[C+]([N-]2)/C(C)=c2/cc/c([n-]2)=C2\C=C[C+]1[N-]2.[Ni+2]. The minimum atomic E-state index is 0. The van der Waals surface area contributed by atoms with Gasteiger partial charge in [0.25, 0.3) is 0 Å². The van der Waals surface area contributed by atoms with E-state index in [2.05, 4.69) is 13.8 Å². The van der Waals surface area contributed by atoms with E-state index in [1.165, 1.54) is 0 Å². The van der Waals surface area contributed by atoms with E-state index in [0.717, 1.165) is 56.0 Å². The molecule has 5 heterocycles. The maximum absolute atomic E-state index is 4.73. The van der Waals surface area contributed by atoms with Crippen LogP contribution in [-0.2, 0) is 16.5 Å². The predicted molar refractivity (Wildman–Crippen MR) is 94.5 cm³/mol. The first-order valence-electron chi connectivity index (χ1n) is 7.93. The summed E-state index contributed by atoms with van der Waals surface area (Å²) >= 11 is 0. The molecule has 0 amide bonds. The second-order valence-electron chi connectivity index (χ2n) is 6.11. The van der Waals surface area contributed by atoms with Crippen molar-refractivity contribution in [3.8, 4) is 0 Å². The molecule has 124 valence electrons. The molecule has 0 N–H and O–H groups in total. The molecule has 0 spiro atoms. The standard InChI is InChI=1S/C20H14N4.Ni/c1-11-13-3-7-17(21-13)19-9-5-15(23-19)12(2)16-6-10-20(24-16)18-8-4-14(11)22-18;/h3-10H,1-2H3;/q-2;+2/b13-11-,16-12-,19-17-,20-18-;. The largest absolute Gasteiger partial charge is 2.00 e. The summed E-state index contributed by atoms with van der Waals surface area (Å²) in [5.41, 5.74) is 3.91. The van der Waals surface area contributed by atoms with Crippen LogP contribution in [0, 0.1) is 12.1 Å². The van der Waals surface area contributed by atoms with Crippen molar-refractivity contribution in [2.24, 2.45) is 0 Å². The van der Waals surface area contributed by atoms with Crippen molar-refractivity contribution in [3.63, 3.8) is 0 Å². The first kappa shape index (κ1) is 15.9. The van der Waals surface area contributed by atoms with Crippen LogP contribution < -0.4 is 31.4 Å². The van der Waals surface area contributed by atoms with Gasteiger partial charge in [0.2, 0.25) is 0 Å². The van der Waals surface area contributed by atoms with Crippen molar-refractivity contribution < 1.29 is 16.5 Å². The van der Waals surface area contributed by atoms with Gasteiger partial charge in [-0.15, -0.1) is 10.7 Å². The summed E-state index contributed by atoms with van der Waals surface area (Å²) in [5, 5.41) is 13.1. The van der Waals surface area contributed by atoms with Crippen molar-refractivity contribution in [2.75, 3.05) is 0 Å². The fourth-order valence-corrected chi connectivity index (χ4v) is 3.12. The average molecular weight is 369 g/mol. The fourth-order valence-electron chi connectivity index (χ4n) is 3.12. The second kappa shape index (κ2) is 5.71. The Morgan fingerprint density at radius 1 is 0.640 bits per heavy atom. The Labute approximate surface area is 155 Å². The van der Waals surface area contributed by atoms with Gasteiger partial charge in [0.15, 0.2) is 0 Å². The fraction of sp³-hybridized carbons (Fsp3) is 0.100. The van der Waals surface area contributed by atoms with Crippen LogP contribution in [0.15, 0.2) is 48.6 Å². The maximum atomic E-state index is 4.73. The Bertz CT molecular complexity index is 1050. The van der Waals surface area contributed by atoms with Gasteiger partial charge in [0.1, 0.15) is 0 Å². The molecule has 4 nitrogen and oxygen atoms in total. The number of nitrogens with zero attached hydrogens (tertiary/aromatic N) is 4. The summed E-state index contributed by atoms with van der Waals surface area (Å²) in [6.07, 6.45) is 8.09. The summed E-state index contributed by atoms with van der Waals surface area (Å²) in [6, 6.07) is 9.97. The summed E-state index contributed by atoms with van der Waals surface area (Å²) in [6.45, 7) is 4.10. The van der Waals surface area contributed by atoms with Crippen LogP contribution in [-0.4, -0.2) is 0 Å². The Morgan fingerprint density at radius 3 is 1.48 bits per heavy atom. The first-order chi connectivity index (χ1) is 11.7. The Balaban J connectivity index is 0.00000157. The second-order valence-corrected chi connectivity index (χ2v) is 6.11. The van der Waals surface area contributed by atoms with E-state index >= 15 is 0 Å². The molecule has 5 rings (SSSR count). The van der Waals surface area contributed by atoms with Gasteiger partial charge < -0.3 is 20.6 Å². The normalized spacial score (nSPS) is 26.2. The topological polar surface area (TPSA) is 56.4 Å². The number of hydrogen-bond acceptors (Lipinski definition) is 0. The van der Waals surface area contributed by atoms with Crippen molar-refractivity contribution in [1.29, 1.82) is 0 Å². The third-order valence-corrected chi connectivity index (χ3v) is 4.62. The van der Waals surface area contributed by atoms with E-state index in [9.17, 15) is 0 Å². The molecule has 0 saturated heterocycles. The molecular formula is C20H14N4Ni. The van der Waals surface area contributed by atoms with Crippen LogP contribution in [0.3, 0.4) is 0 Å². The van der Waals surface area contributed by atoms with E-state index in [1.807, 2.05) is 48.6 Å². The van der Waals surface area contributed by atoms with Crippen LogP contribution in [0.4, 0.5) is 0 Å². The van der Waals surface area contributed by atoms with Gasteiger partial charge >= 0.3 is 16.5 Å². The predicted octanol–water partition coefficient (Wildman–Crippen LogP) is 0.821. The van der Waals surface area contributed by atoms with Crippen molar-refractivity contribution in [2.45, 2.75) is 13.8 Å². The van der Waals surface area contributed by atoms with E-state index in [-0.39, 0.29) is 16.5 Å². The number of fused-ring (bicyclic) bond motifs is 8. The van der Waals surface area contributed by atoms with Crippen molar-refractivity contribution in [3.05, 3.63) is 92.7 Å². The molecule has 0 saturated carbocycles. The molecule has 3 aliphatic rings. The Kier molecular flexibility index (Phi) is 3.62. The molecule has 0 radical (unpaired) electrons. The zero-order valence-corrected chi connectivity index (χ0v) is 14.7. The molecule has 5 heteroatoms.